The van der Waals surface area contributed by atoms with E-state index < -0.39 is 29.3 Å². The van der Waals surface area contributed by atoms with Gasteiger partial charge < -0.3 is 10.1 Å². The molecule has 0 saturated heterocycles. The van der Waals surface area contributed by atoms with Crippen LogP contribution in [0.2, 0.25) is 5.02 Å². The predicted molar refractivity (Wildman–Crippen MR) is 124 cm³/mol. The van der Waals surface area contributed by atoms with Gasteiger partial charge in [-0.25, -0.2) is 14.8 Å². The number of nitrogens with one attached hydrogen (secondary N) is 1. The highest BCUT2D eigenvalue weighted by molar-refractivity contribution is 7.14. The van der Waals surface area contributed by atoms with Gasteiger partial charge in [-0.2, -0.15) is 0 Å². The van der Waals surface area contributed by atoms with Crippen LogP contribution in [0.3, 0.4) is 0 Å². The topological polar surface area (TPSA) is 108 Å². The van der Waals surface area contributed by atoms with E-state index in [-0.39, 0.29) is 27.6 Å². The molecule has 4 aromatic rings. The first-order valence-corrected chi connectivity index (χ1v) is 11.0. The Hall–Kier alpha value is -3.71. The number of benzene rings is 1. The molecule has 0 bridgehead atoms. The van der Waals surface area contributed by atoms with Crippen LogP contribution in [0.1, 0.15) is 5.56 Å². The number of fused-ring (bicyclic) bond motifs is 1. The van der Waals surface area contributed by atoms with Crippen molar-refractivity contribution in [2.75, 3.05) is 5.32 Å². The maximum absolute atomic E-state index is 12.7. The van der Waals surface area contributed by atoms with Gasteiger partial charge in [-0.1, -0.05) is 11.6 Å². The maximum atomic E-state index is 12.7. The molecule has 3 aromatic heterocycles. The summed E-state index contributed by atoms with van der Waals surface area (Å²) in [7, 11) is 2.82. The zero-order valence-corrected chi connectivity index (χ0v) is 19.6. The number of hydrogen-bond donors (Lipinski definition) is 1. The molecule has 3 heterocycles. The molecule has 35 heavy (non-hydrogen) atoms. The lowest BCUT2D eigenvalue weighted by Gasteiger charge is -2.10. The van der Waals surface area contributed by atoms with E-state index in [1.54, 1.807) is 5.38 Å². The summed E-state index contributed by atoms with van der Waals surface area (Å²) < 4.78 is 43.3. The van der Waals surface area contributed by atoms with E-state index in [1.165, 1.54) is 43.1 Å². The summed E-state index contributed by atoms with van der Waals surface area (Å²) in [5.74, 6) is -1.01. The summed E-state index contributed by atoms with van der Waals surface area (Å²) in [4.78, 5) is 45.8. The van der Waals surface area contributed by atoms with Gasteiger partial charge in [-0.15, -0.1) is 24.5 Å². The first kappa shape index (κ1) is 24.4. The van der Waals surface area contributed by atoms with E-state index in [4.69, 9.17) is 11.6 Å². The Balaban J connectivity index is 1.54. The Morgan fingerprint density at radius 2 is 1.94 bits per heavy atom. The number of amides is 1. The number of rotatable bonds is 5. The van der Waals surface area contributed by atoms with Crippen LogP contribution in [0, 0.1) is 0 Å². The highest BCUT2D eigenvalue weighted by atomic mass is 35.5. The lowest BCUT2D eigenvalue weighted by atomic mass is 10.1. The van der Waals surface area contributed by atoms with Crippen molar-refractivity contribution in [1.29, 1.82) is 0 Å². The number of anilines is 1. The molecule has 0 saturated carbocycles. The van der Waals surface area contributed by atoms with Crippen LogP contribution in [0.5, 0.6) is 5.75 Å². The molecular weight excluding hydrogens is 511 g/mol. The molecule has 9 nitrogen and oxygen atoms in total. The molecule has 182 valence electrons. The highest BCUT2D eigenvalue weighted by Gasteiger charge is 2.32. The molecule has 0 atom stereocenters. The number of alkyl halides is 3. The molecule has 0 unspecified atom stereocenters. The lowest BCUT2D eigenvalue weighted by molar-refractivity contribution is -0.274. The van der Waals surface area contributed by atoms with Crippen molar-refractivity contribution >= 4 is 45.0 Å². The summed E-state index contributed by atoms with van der Waals surface area (Å²) in [5, 5.41) is 4.36. The SMILES string of the molecule is Cn1c(=O)c2c(CC(=O)Nc3nc(-c4ccc(OC(F)(F)F)c(Cl)c4)cs3)ccnc2n(C)c1=O. The fraction of sp³-hybridized carbons (Fsp3) is 0.190. The minimum atomic E-state index is -4.87. The normalized spacial score (nSPS) is 11.6. The third-order valence-corrected chi connectivity index (χ3v) is 6.04. The van der Waals surface area contributed by atoms with Gasteiger partial charge in [0.25, 0.3) is 5.56 Å². The van der Waals surface area contributed by atoms with Gasteiger partial charge in [-0.05, 0) is 29.8 Å². The van der Waals surface area contributed by atoms with Crippen molar-refractivity contribution in [3.05, 3.63) is 67.3 Å². The Bertz CT molecular complexity index is 1580. The number of ether oxygens (including phenoxy) is 1. The Morgan fingerprint density at radius 3 is 2.63 bits per heavy atom. The van der Waals surface area contributed by atoms with Gasteiger partial charge in [0.1, 0.15) is 11.4 Å². The van der Waals surface area contributed by atoms with Crippen molar-refractivity contribution < 1.29 is 22.7 Å². The minimum Gasteiger partial charge on any atom is -0.404 e. The average Bonchev–Trinajstić information content (AvgIpc) is 3.24. The van der Waals surface area contributed by atoms with Crippen LogP contribution >= 0.6 is 22.9 Å². The van der Waals surface area contributed by atoms with Gasteiger partial charge in [0.2, 0.25) is 5.91 Å². The number of aromatic nitrogens is 4. The summed E-state index contributed by atoms with van der Waals surface area (Å²) in [6.45, 7) is 0. The van der Waals surface area contributed by atoms with E-state index in [2.05, 4.69) is 20.0 Å². The van der Waals surface area contributed by atoms with Crippen molar-refractivity contribution in [2.45, 2.75) is 12.8 Å². The number of pyridine rings is 1. The first-order valence-electron chi connectivity index (χ1n) is 9.79. The summed E-state index contributed by atoms with van der Waals surface area (Å²) >= 11 is 6.98. The standard InChI is InChI=1S/C21H15ClF3N5O4S/c1-29-17-16(18(32)30(2)20(29)33)11(5-6-26-17)8-15(31)28-19-27-13(9-35-19)10-3-4-14(12(22)7-10)34-21(23,24)25/h3-7,9H,8H2,1-2H3,(H,27,28,31). The molecule has 0 spiro atoms. The maximum Gasteiger partial charge on any atom is 0.573 e. The quantitative estimate of drug-likeness (QED) is 0.427. The summed E-state index contributed by atoms with van der Waals surface area (Å²) in [5.41, 5.74) is 0.243. The van der Waals surface area contributed by atoms with E-state index >= 15 is 0 Å². The Labute approximate surface area is 203 Å². The lowest BCUT2D eigenvalue weighted by Crippen LogP contribution is -2.37. The van der Waals surface area contributed by atoms with Crippen LogP contribution < -0.4 is 21.3 Å². The zero-order chi connectivity index (χ0) is 25.5. The molecule has 0 aliphatic heterocycles. The molecule has 14 heteroatoms. The third-order valence-electron chi connectivity index (χ3n) is 4.98. The van der Waals surface area contributed by atoms with Crippen LogP contribution in [0.4, 0.5) is 18.3 Å². The second kappa shape index (κ2) is 9.15. The molecule has 1 amide bonds. The van der Waals surface area contributed by atoms with E-state index in [1.807, 2.05) is 0 Å². The molecule has 1 aromatic carbocycles. The Morgan fingerprint density at radius 1 is 1.20 bits per heavy atom. The fourth-order valence-corrected chi connectivity index (χ4v) is 4.32. The zero-order valence-electron chi connectivity index (χ0n) is 18.0. The molecule has 4 rings (SSSR count). The van der Waals surface area contributed by atoms with Gasteiger partial charge in [0, 0.05) is 31.2 Å². The van der Waals surface area contributed by atoms with Crippen molar-refractivity contribution in [2.24, 2.45) is 14.1 Å². The van der Waals surface area contributed by atoms with Crippen molar-refractivity contribution in [3.63, 3.8) is 0 Å². The molecule has 1 N–H and O–H groups in total. The largest absolute Gasteiger partial charge is 0.573 e. The number of thiazole rings is 1. The van der Waals surface area contributed by atoms with E-state index in [9.17, 15) is 27.6 Å². The highest BCUT2D eigenvalue weighted by Crippen LogP contribution is 2.34. The predicted octanol–water partition coefficient (Wildman–Crippen LogP) is 3.49. The number of carbonyl (C=O) groups excluding carboxylic acids is 1. The van der Waals surface area contributed by atoms with Gasteiger partial charge >= 0.3 is 12.1 Å². The van der Waals surface area contributed by atoms with Crippen molar-refractivity contribution in [3.8, 4) is 17.0 Å². The second-order valence-corrected chi connectivity index (χ2v) is 8.60. The summed E-state index contributed by atoms with van der Waals surface area (Å²) in [6, 6.07) is 5.22. The smallest absolute Gasteiger partial charge is 0.404 e. The third kappa shape index (κ3) is 5.05. The first-order chi connectivity index (χ1) is 16.4. The average molecular weight is 526 g/mol. The fourth-order valence-electron chi connectivity index (χ4n) is 3.36. The molecule has 0 fully saturated rings. The molecule has 0 aliphatic carbocycles. The molecule has 0 aliphatic rings. The van der Waals surface area contributed by atoms with Gasteiger partial charge in [0.15, 0.2) is 5.13 Å². The van der Waals surface area contributed by atoms with Crippen LogP contribution in [-0.2, 0) is 25.3 Å². The minimum absolute atomic E-state index is 0.155. The van der Waals surface area contributed by atoms with Gasteiger partial charge in [-0.3, -0.25) is 18.7 Å². The van der Waals surface area contributed by atoms with E-state index in [0.717, 1.165) is 22.0 Å². The summed E-state index contributed by atoms with van der Waals surface area (Å²) in [6.07, 6.45) is -3.65. The number of nitrogens with zero attached hydrogens (tertiary/aromatic N) is 4. The number of carbonyl (C=O) groups is 1. The number of halogens is 4. The number of aryl methyl sites for hydroxylation is 1. The van der Waals surface area contributed by atoms with Gasteiger partial charge in [0.05, 0.1) is 22.5 Å². The van der Waals surface area contributed by atoms with Crippen LogP contribution in [0.15, 0.2) is 45.4 Å². The van der Waals surface area contributed by atoms with E-state index in [0.29, 0.717) is 16.8 Å². The van der Waals surface area contributed by atoms with Crippen molar-refractivity contribution in [1.82, 2.24) is 19.1 Å². The second-order valence-electron chi connectivity index (χ2n) is 7.33. The molecule has 0 radical (unpaired) electrons. The van der Waals surface area contributed by atoms with Crippen LogP contribution in [-0.4, -0.2) is 31.4 Å². The monoisotopic (exact) mass is 525 g/mol. The van der Waals surface area contributed by atoms with Crippen LogP contribution in [0.25, 0.3) is 22.3 Å². The Kier molecular flexibility index (Phi) is 6.38. The number of hydrogen-bond acceptors (Lipinski definition) is 7. The molecular formula is C21H15ClF3N5O4S.